The van der Waals surface area contributed by atoms with Crippen molar-refractivity contribution in [1.29, 1.82) is 0 Å². The predicted molar refractivity (Wildman–Crippen MR) is 94.7 cm³/mol. The van der Waals surface area contributed by atoms with Gasteiger partial charge in [-0.2, -0.15) is 0 Å². The molecule has 9 heteroatoms. The molecule has 1 aromatic heterocycles. The van der Waals surface area contributed by atoms with Gasteiger partial charge in [0, 0.05) is 29.1 Å². The summed E-state index contributed by atoms with van der Waals surface area (Å²) in [6.45, 7) is 1.31. The molecule has 0 saturated carbocycles. The second-order valence-corrected chi connectivity index (χ2v) is 5.86. The van der Waals surface area contributed by atoms with Crippen molar-refractivity contribution < 1.29 is 27.5 Å². The highest BCUT2D eigenvalue weighted by Gasteiger charge is 2.11. The number of nitrogens with one attached hydrogen (secondary N) is 2. The molecule has 0 atom stereocenters. The molecular formula is C19H14F2N2O5. The molecule has 3 aromatic rings. The topological polar surface area (TPSA) is 97.6 Å². The summed E-state index contributed by atoms with van der Waals surface area (Å²) in [5, 5.41) is 0.728. The van der Waals surface area contributed by atoms with Gasteiger partial charge in [-0.05, 0) is 36.8 Å². The van der Waals surface area contributed by atoms with E-state index in [9.17, 15) is 23.2 Å². The number of hydrogen-bond donors (Lipinski definition) is 2. The van der Waals surface area contributed by atoms with E-state index in [1.807, 2.05) is 5.43 Å². The van der Waals surface area contributed by atoms with Crippen molar-refractivity contribution >= 4 is 22.8 Å². The number of carbonyl (C=O) groups is 2. The van der Waals surface area contributed by atoms with E-state index in [0.717, 1.165) is 23.1 Å². The van der Waals surface area contributed by atoms with Crippen molar-refractivity contribution in [3.05, 3.63) is 75.6 Å². The number of halogens is 2. The lowest BCUT2D eigenvalue weighted by atomic mass is 10.1. The molecule has 0 bridgehead atoms. The number of rotatable bonds is 4. The fourth-order valence-corrected chi connectivity index (χ4v) is 2.46. The van der Waals surface area contributed by atoms with Gasteiger partial charge in [-0.1, -0.05) is 0 Å². The first-order valence-electron chi connectivity index (χ1n) is 8.04. The van der Waals surface area contributed by atoms with E-state index in [4.69, 9.17) is 9.15 Å². The average Bonchev–Trinajstić information content (AvgIpc) is 2.63. The first-order valence-corrected chi connectivity index (χ1v) is 8.04. The van der Waals surface area contributed by atoms with Crippen molar-refractivity contribution in [1.82, 2.24) is 10.9 Å². The maximum Gasteiger partial charge on any atom is 0.336 e. The van der Waals surface area contributed by atoms with Crippen LogP contribution in [0.2, 0.25) is 0 Å². The molecule has 7 nitrogen and oxygen atoms in total. The lowest BCUT2D eigenvalue weighted by Crippen LogP contribution is -2.43. The molecule has 0 unspecified atom stereocenters. The van der Waals surface area contributed by atoms with E-state index in [-0.39, 0.29) is 11.3 Å². The highest BCUT2D eigenvalue weighted by molar-refractivity contribution is 5.95. The number of amides is 2. The number of hydrazine groups is 1. The number of aryl methyl sites for hydroxylation is 1. The zero-order chi connectivity index (χ0) is 20.3. The van der Waals surface area contributed by atoms with Crippen LogP contribution in [0.25, 0.3) is 11.0 Å². The molecule has 0 aliphatic rings. The Hall–Kier alpha value is -3.75. The third kappa shape index (κ3) is 4.50. The van der Waals surface area contributed by atoms with Crippen LogP contribution in [-0.2, 0) is 4.79 Å². The molecule has 2 amide bonds. The largest absolute Gasteiger partial charge is 0.484 e. The highest BCUT2D eigenvalue weighted by atomic mass is 19.1. The molecule has 0 aliphatic carbocycles. The molecule has 0 spiro atoms. The van der Waals surface area contributed by atoms with Gasteiger partial charge in [0.25, 0.3) is 11.8 Å². The molecule has 144 valence electrons. The Morgan fingerprint density at radius 3 is 2.46 bits per heavy atom. The van der Waals surface area contributed by atoms with Crippen LogP contribution in [0.1, 0.15) is 15.9 Å². The molecular weight excluding hydrogens is 374 g/mol. The minimum absolute atomic E-state index is 0.273. The molecule has 28 heavy (non-hydrogen) atoms. The zero-order valence-electron chi connectivity index (χ0n) is 14.5. The van der Waals surface area contributed by atoms with Gasteiger partial charge in [-0.25, -0.2) is 13.6 Å². The summed E-state index contributed by atoms with van der Waals surface area (Å²) < 4.78 is 36.6. The summed E-state index contributed by atoms with van der Waals surface area (Å²) in [5.41, 5.74) is 4.34. The molecule has 3 rings (SSSR count). The van der Waals surface area contributed by atoms with Crippen LogP contribution < -0.4 is 21.2 Å². The van der Waals surface area contributed by atoms with Gasteiger partial charge in [0.15, 0.2) is 6.61 Å². The molecule has 1 heterocycles. The molecule has 2 N–H and O–H groups in total. The predicted octanol–water partition coefficient (Wildman–Crippen LogP) is 2.22. The SMILES string of the molecule is Cc1cc(=O)oc2cc(OCC(=O)NNC(=O)c3cc(F)cc(F)c3)ccc12. The van der Waals surface area contributed by atoms with Crippen LogP contribution in [0.4, 0.5) is 8.78 Å². The lowest BCUT2D eigenvalue weighted by molar-refractivity contribution is -0.123. The summed E-state index contributed by atoms with van der Waals surface area (Å²) in [7, 11) is 0. The zero-order valence-corrected chi connectivity index (χ0v) is 14.5. The number of hydrogen-bond acceptors (Lipinski definition) is 5. The second-order valence-electron chi connectivity index (χ2n) is 5.86. The van der Waals surface area contributed by atoms with Crippen LogP contribution in [0, 0.1) is 18.6 Å². The van der Waals surface area contributed by atoms with Crippen molar-refractivity contribution in [2.45, 2.75) is 6.92 Å². The summed E-state index contributed by atoms with van der Waals surface area (Å²) in [5.74, 6) is -3.17. The summed E-state index contributed by atoms with van der Waals surface area (Å²) in [6.07, 6.45) is 0. The third-order valence-corrected chi connectivity index (χ3v) is 3.73. The molecule has 0 aliphatic heterocycles. The van der Waals surface area contributed by atoms with Crippen LogP contribution in [0.5, 0.6) is 5.75 Å². The fourth-order valence-electron chi connectivity index (χ4n) is 2.46. The fraction of sp³-hybridized carbons (Fsp3) is 0.105. The van der Waals surface area contributed by atoms with E-state index >= 15 is 0 Å². The quantitative estimate of drug-likeness (QED) is 0.528. The number of fused-ring (bicyclic) bond motifs is 1. The first kappa shape index (κ1) is 19.0. The maximum atomic E-state index is 13.1. The van der Waals surface area contributed by atoms with Gasteiger partial charge in [0.2, 0.25) is 0 Å². The van der Waals surface area contributed by atoms with Gasteiger partial charge in [-0.15, -0.1) is 0 Å². The first-order chi connectivity index (χ1) is 13.3. The van der Waals surface area contributed by atoms with Crippen molar-refractivity contribution in [2.75, 3.05) is 6.61 Å². The van der Waals surface area contributed by atoms with Crippen LogP contribution in [0.15, 0.2) is 51.7 Å². The Morgan fingerprint density at radius 1 is 1.04 bits per heavy atom. The Bertz CT molecular complexity index is 1110. The van der Waals surface area contributed by atoms with Crippen molar-refractivity contribution in [3.63, 3.8) is 0 Å². The van der Waals surface area contributed by atoms with E-state index in [1.165, 1.54) is 12.1 Å². The Balaban J connectivity index is 1.57. The normalized spacial score (nSPS) is 10.5. The van der Waals surface area contributed by atoms with Crippen LogP contribution >= 0.6 is 0 Å². The second kappa shape index (κ2) is 7.87. The highest BCUT2D eigenvalue weighted by Crippen LogP contribution is 2.22. The lowest BCUT2D eigenvalue weighted by Gasteiger charge is -2.09. The number of benzene rings is 2. The summed E-state index contributed by atoms with van der Waals surface area (Å²) in [6, 6.07) is 8.38. The van der Waals surface area contributed by atoms with E-state index in [2.05, 4.69) is 5.43 Å². The van der Waals surface area contributed by atoms with Crippen molar-refractivity contribution in [3.8, 4) is 5.75 Å². The third-order valence-electron chi connectivity index (χ3n) is 3.73. The van der Waals surface area contributed by atoms with E-state index < -0.39 is 35.7 Å². The Labute approximate surface area is 156 Å². The van der Waals surface area contributed by atoms with Gasteiger partial charge in [-0.3, -0.25) is 20.4 Å². The maximum absolute atomic E-state index is 13.1. The Morgan fingerprint density at radius 2 is 1.75 bits per heavy atom. The monoisotopic (exact) mass is 388 g/mol. The van der Waals surface area contributed by atoms with Gasteiger partial charge in [0.05, 0.1) is 0 Å². The van der Waals surface area contributed by atoms with Crippen LogP contribution in [0.3, 0.4) is 0 Å². The number of ether oxygens (including phenoxy) is 1. The average molecular weight is 388 g/mol. The molecule has 0 radical (unpaired) electrons. The van der Waals surface area contributed by atoms with Gasteiger partial charge < -0.3 is 9.15 Å². The van der Waals surface area contributed by atoms with E-state index in [0.29, 0.717) is 11.6 Å². The summed E-state index contributed by atoms with van der Waals surface area (Å²) >= 11 is 0. The standard InChI is InChI=1S/C19H14F2N2O5/c1-10-4-18(25)28-16-8-14(2-3-15(10)16)27-9-17(24)22-23-19(26)11-5-12(20)7-13(21)6-11/h2-8H,9H2,1H3,(H,22,24)(H,23,26). The molecule has 0 saturated heterocycles. The minimum atomic E-state index is -0.919. The van der Waals surface area contributed by atoms with Gasteiger partial charge in [0.1, 0.15) is 23.0 Å². The van der Waals surface area contributed by atoms with Crippen molar-refractivity contribution in [2.24, 2.45) is 0 Å². The van der Waals surface area contributed by atoms with Gasteiger partial charge >= 0.3 is 5.63 Å². The smallest absolute Gasteiger partial charge is 0.336 e. The number of carbonyl (C=O) groups excluding carboxylic acids is 2. The minimum Gasteiger partial charge on any atom is -0.484 e. The van der Waals surface area contributed by atoms with Crippen LogP contribution in [-0.4, -0.2) is 18.4 Å². The van der Waals surface area contributed by atoms with E-state index in [1.54, 1.807) is 19.1 Å². The summed E-state index contributed by atoms with van der Waals surface area (Å²) in [4.78, 5) is 35.0. The molecule has 2 aromatic carbocycles. The Kier molecular flexibility index (Phi) is 5.35. The molecule has 0 fully saturated rings.